The van der Waals surface area contributed by atoms with E-state index in [1.807, 2.05) is 18.2 Å². The molecule has 1 aliphatic heterocycles. The summed E-state index contributed by atoms with van der Waals surface area (Å²) in [6.07, 6.45) is 3.57. The fraction of sp³-hybridized carbons (Fsp3) is 0.375. The minimum atomic E-state index is -0.267. The first-order chi connectivity index (χ1) is 18.1. The number of nitrogens with zero attached hydrogens (tertiary/aromatic N) is 1. The van der Waals surface area contributed by atoms with Crippen LogP contribution in [0, 0.1) is 0 Å². The zero-order chi connectivity index (χ0) is 27.3. The summed E-state index contributed by atoms with van der Waals surface area (Å²) in [5.41, 5.74) is 2.45. The Labute approximate surface area is 226 Å². The number of hydrogen-bond acceptors (Lipinski definition) is 5. The lowest BCUT2D eigenvalue weighted by molar-refractivity contribution is -0.0341. The predicted octanol–water partition coefficient (Wildman–Crippen LogP) is 6.60. The lowest BCUT2D eigenvalue weighted by Crippen LogP contribution is -2.59. The molecule has 1 N–H and O–H groups in total. The first-order valence-corrected chi connectivity index (χ1v) is 13.2. The number of piperidine rings is 1. The molecular weight excluding hydrogens is 476 g/mol. The van der Waals surface area contributed by atoms with E-state index in [2.05, 4.69) is 37.9 Å². The van der Waals surface area contributed by atoms with Gasteiger partial charge in [-0.2, -0.15) is 0 Å². The third-order valence-electron chi connectivity index (χ3n) is 7.48. The second kappa shape index (κ2) is 11.4. The molecule has 1 aliphatic rings. The molecule has 6 nitrogen and oxygen atoms in total. The van der Waals surface area contributed by atoms with Crippen LogP contribution in [-0.2, 0) is 0 Å². The maximum atomic E-state index is 12.9. The maximum absolute atomic E-state index is 12.9. The number of methoxy groups -OCH3 is 1. The zero-order valence-corrected chi connectivity index (χ0v) is 23.0. The van der Waals surface area contributed by atoms with Gasteiger partial charge in [0, 0.05) is 46.1 Å². The number of carbonyl (C=O) groups excluding carboxylic acids is 2. The van der Waals surface area contributed by atoms with Crippen molar-refractivity contribution in [2.24, 2.45) is 0 Å². The molecule has 0 saturated carbocycles. The molecule has 0 bridgehead atoms. The summed E-state index contributed by atoms with van der Waals surface area (Å²) in [6, 6.07) is 21.1. The number of ether oxygens (including phenoxy) is 2. The molecule has 3 aromatic rings. The monoisotopic (exact) mass is 514 g/mol. The molecular formula is C32H38N2O4. The molecule has 0 spiro atoms. The van der Waals surface area contributed by atoms with Gasteiger partial charge in [-0.05, 0) is 71.2 Å². The van der Waals surface area contributed by atoms with Gasteiger partial charge < -0.3 is 14.8 Å². The number of rotatable bonds is 9. The van der Waals surface area contributed by atoms with Gasteiger partial charge in [-0.3, -0.25) is 14.5 Å². The van der Waals surface area contributed by atoms with Crippen molar-refractivity contribution in [2.45, 2.75) is 58.0 Å². The summed E-state index contributed by atoms with van der Waals surface area (Å²) in [5, 5.41) is 2.93. The summed E-state index contributed by atoms with van der Waals surface area (Å²) in [6.45, 7) is 10.5. The van der Waals surface area contributed by atoms with Crippen LogP contribution in [0.1, 0.15) is 73.2 Å². The summed E-state index contributed by atoms with van der Waals surface area (Å²) >= 11 is 0. The SMILES string of the molecule is COc1ccc(NC(=O)c2ccc(C(=O)c3ccccc3)cc2)cc1OCCN1C(C)(C)CCCC1(C)C. The second-order valence-corrected chi connectivity index (χ2v) is 11.1. The lowest BCUT2D eigenvalue weighted by Gasteiger charge is -2.53. The summed E-state index contributed by atoms with van der Waals surface area (Å²) in [7, 11) is 1.61. The zero-order valence-electron chi connectivity index (χ0n) is 23.0. The van der Waals surface area contributed by atoms with Crippen LogP contribution >= 0.6 is 0 Å². The van der Waals surface area contributed by atoms with Crippen molar-refractivity contribution >= 4 is 17.4 Å². The largest absolute Gasteiger partial charge is 0.493 e. The third-order valence-corrected chi connectivity index (χ3v) is 7.48. The normalized spacial score (nSPS) is 16.4. The number of hydrogen-bond donors (Lipinski definition) is 1. The highest BCUT2D eigenvalue weighted by Crippen LogP contribution is 2.38. The van der Waals surface area contributed by atoms with Crippen LogP contribution in [0.3, 0.4) is 0 Å². The van der Waals surface area contributed by atoms with E-state index in [9.17, 15) is 9.59 Å². The molecule has 0 radical (unpaired) electrons. The van der Waals surface area contributed by atoms with Crippen LogP contribution in [0.15, 0.2) is 72.8 Å². The van der Waals surface area contributed by atoms with Gasteiger partial charge in [-0.25, -0.2) is 0 Å². The van der Waals surface area contributed by atoms with E-state index in [0.717, 1.165) is 6.54 Å². The van der Waals surface area contributed by atoms with Crippen LogP contribution in [0.4, 0.5) is 5.69 Å². The molecule has 1 saturated heterocycles. The Morgan fingerprint density at radius 1 is 0.816 bits per heavy atom. The van der Waals surface area contributed by atoms with Crippen LogP contribution in [0.25, 0.3) is 0 Å². The highest BCUT2D eigenvalue weighted by atomic mass is 16.5. The van der Waals surface area contributed by atoms with Crippen molar-refractivity contribution in [2.75, 3.05) is 25.6 Å². The number of ketones is 1. The molecule has 0 atom stereocenters. The minimum Gasteiger partial charge on any atom is -0.493 e. The number of carbonyl (C=O) groups is 2. The number of benzene rings is 3. The number of anilines is 1. The van der Waals surface area contributed by atoms with Crippen molar-refractivity contribution in [3.05, 3.63) is 89.5 Å². The quantitative estimate of drug-likeness (QED) is 0.326. The van der Waals surface area contributed by atoms with Crippen LogP contribution in [0.5, 0.6) is 11.5 Å². The second-order valence-electron chi connectivity index (χ2n) is 11.1. The van der Waals surface area contributed by atoms with Gasteiger partial charge in [0.2, 0.25) is 0 Å². The van der Waals surface area contributed by atoms with Crippen LogP contribution in [-0.4, -0.2) is 47.9 Å². The molecule has 6 heteroatoms. The molecule has 0 unspecified atom stereocenters. The van der Waals surface area contributed by atoms with E-state index < -0.39 is 0 Å². The Morgan fingerprint density at radius 2 is 1.42 bits per heavy atom. The van der Waals surface area contributed by atoms with Gasteiger partial charge in [0.25, 0.3) is 5.91 Å². The molecule has 0 aromatic heterocycles. The van der Waals surface area contributed by atoms with Gasteiger partial charge in [-0.1, -0.05) is 42.5 Å². The van der Waals surface area contributed by atoms with E-state index in [0.29, 0.717) is 40.5 Å². The third kappa shape index (κ3) is 6.25. The first-order valence-electron chi connectivity index (χ1n) is 13.2. The fourth-order valence-corrected chi connectivity index (χ4v) is 5.49. The molecule has 0 aliphatic carbocycles. The molecule has 1 heterocycles. The minimum absolute atomic E-state index is 0.0779. The fourth-order valence-electron chi connectivity index (χ4n) is 5.49. The van der Waals surface area contributed by atoms with E-state index in [1.165, 1.54) is 19.3 Å². The molecule has 3 aromatic carbocycles. The van der Waals surface area contributed by atoms with Gasteiger partial charge >= 0.3 is 0 Å². The maximum Gasteiger partial charge on any atom is 0.255 e. The number of nitrogens with one attached hydrogen (secondary N) is 1. The lowest BCUT2D eigenvalue weighted by atomic mass is 9.80. The van der Waals surface area contributed by atoms with Gasteiger partial charge in [-0.15, -0.1) is 0 Å². The highest BCUT2D eigenvalue weighted by molar-refractivity contribution is 6.10. The number of amides is 1. The van der Waals surface area contributed by atoms with Crippen molar-refractivity contribution in [3.8, 4) is 11.5 Å². The molecule has 4 rings (SSSR count). The molecule has 38 heavy (non-hydrogen) atoms. The summed E-state index contributed by atoms with van der Waals surface area (Å²) in [5.74, 6) is 0.855. The Kier molecular flexibility index (Phi) is 8.22. The van der Waals surface area contributed by atoms with E-state index in [1.54, 1.807) is 61.7 Å². The smallest absolute Gasteiger partial charge is 0.255 e. The van der Waals surface area contributed by atoms with Gasteiger partial charge in [0.15, 0.2) is 17.3 Å². The molecule has 200 valence electrons. The van der Waals surface area contributed by atoms with Crippen molar-refractivity contribution < 1.29 is 19.1 Å². The van der Waals surface area contributed by atoms with Crippen molar-refractivity contribution in [1.29, 1.82) is 0 Å². The van der Waals surface area contributed by atoms with Crippen molar-refractivity contribution in [3.63, 3.8) is 0 Å². The molecule has 1 amide bonds. The highest BCUT2D eigenvalue weighted by Gasteiger charge is 2.40. The van der Waals surface area contributed by atoms with Gasteiger partial charge in [0.05, 0.1) is 7.11 Å². The number of likely N-dealkylation sites (tertiary alicyclic amines) is 1. The Hall–Kier alpha value is -3.64. The molecule has 1 fully saturated rings. The Balaban J connectivity index is 1.41. The topological polar surface area (TPSA) is 67.9 Å². The average Bonchev–Trinajstić information content (AvgIpc) is 2.90. The van der Waals surface area contributed by atoms with E-state index in [-0.39, 0.29) is 22.8 Å². The van der Waals surface area contributed by atoms with E-state index in [4.69, 9.17) is 9.47 Å². The van der Waals surface area contributed by atoms with E-state index >= 15 is 0 Å². The van der Waals surface area contributed by atoms with Crippen LogP contribution < -0.4 is 14.8 Å². The predicted molar refractivity (Wildman–Crippen MR) is 151 cm³/mol. The van der Waals surface area contributed by atoms with Gasteiger partial charge in [0.1, 0.15) is 6.61 Å². The summed E-state index contributed by atoms with van der Waals surface area (Å²) < 4.78 is 11.7. The Bertz CT molecular complexity index is 1250. The Morgan fingerprint density at radius 3 is 2.05 bits per heavy atom. The average molecular weight is 515 g/mol. The standard InChI is InChI=1S/C32H38N2O4/c1-31(2)18-9-19-32(3,4)34(31)20-21-38-28-22-26(16-17-27(28)37-5)33-30(36)25-14-12-24(13-15-25)29(35)23-10-7-6-8-11-23/h6-8,10-17,22H,9,18-21H2,1-5H3,(H,33,36). The van der Waals surface area contributed by atoms with Crippen LogP contribution in [0.2, 0.25) is 0 Å². The first kappa shape index (κ1) is 27.4. The van der Waals surface area contributed by atoms with Crippen molar-refractivity contribution in [1.82, 2.24) is 4.90 Å². The summed E-state index contributed by atoms with van der Waals surface area (Å²) in [4.78, 5) is 28.1.